The fourth-order valence-corrected chi connectivity index (χ4v) is 2.57. The Morgan fingerprint density at radius 3 is 2.87 bits per heavy atom. The van der Waals surface area contributed by atoms with Gasteiger partial charge in [-0.05, 0) is 54.3 Å². The molecule has 0 aliphatic carbocycles. The highest BCUT2D eigenvalue weighted by Gasteiger charge is 2.14. The van der Waals surface area contributed by atoms with Crippen LogP contribution in [0.2, 0.25) is 0 Å². The second-order valence-corrected chi connectivity index (χ2v) is 5.36. The molecule has 0 unspecified atom stereocenters. The second-order valence-electron chi connectivity index (χ2n) is 5.36. The molecule has 23 heavy (non-hydrogen) atoms. The molecule has 1 amide bonds. The van der Waals surface area contributed by atoms with Gasteiger partial charge in [0.25, 0.3) is 5.91 Å². The Morgan fingerprint density at radius 2 is 2.13 bits per heavy atom. The molecule has 1 aromatic heterocycles. The van der Waals surface area contributed by atoms with Crippen molar-refractivity contribution in [2.24, 2.45) is 0 Å². The Balaban J connectivity index is 2.14. The summed E-state index contributed by atoms with van der Waals surface area (Å²) in [7, 11) is 5.79. The largest absolute Gasteiger partial charge is 0.352 e. The standard InChI is InChI=1S/C17H15BFN3O/c1-3-20-17(23)11-6-13(9(2)14(19)7-11)10-4-5-12-15(8-10)21-22-16(12)18/h4-8H,3H2,1-2H3,(H,20,23)(H,21,22). The number of benzene rings is 2. The average Bonchev–Trinajstić information content (AvgIpc) is 2.91. The Labute approximate surface area is 134 Å². The normalized spacial score (nSPS) is 10.9. The minimum absolute atomic E-state index is 0.294. The van der Waals surface area contributed by atoms with Crippen LogP contribution >= 0.6 is 0 Å². The second kappa shape index (κ2) is 5.87. The van der Waals surface area contributed by atoms with E-state index in [0.29, 0.717) is 34.3 Å². The Hall–Kier alpha value is -2.63. The molecule has 1 heterocycles. The summed E-state index contributed by atoms with van der Waals surface area (Å²) < 4.78 is 14.2. The molecule has 6 heteroatoms. The zero-order chi connectivity index (χ0) is 16.6. The fraction of sp³-hybridized carbons (Fsp3) is 0.176. The average molecular weight is 307 g/mol. The van der Waals surface area contributed by atoms with Gasteiger partial charge < -0.3 is 5.32 Å². The van der Waals surface area contributed by atoms with Crippen molar-refractivity contribution in [3.8, 4) is 11.1 Å². The molecule has 3 aromatic rings. The molecule has 3 rings (SSSR count). The number of nitrogens with one attached hydrogen (secondary N) is 2. The summed E-state index contributed by atoms with van der Waals surface area (Å²) in [6, 6.07) is 8.46. The van der Waals surface area contributed by atoms with Crippen molar-refractivity contribution in [2.75, 3.05) is 6.54 Å². The molecule has 0 saturated heterocycles. The highest BCUT2D eigenvalue weighted by atomic mass is 19.1. The van der Waals surface area contributed by atoms with Crippen LogP contribution in [0.15, 0.2) is 30.3 Å². The third-order valence-electron chi connectivity index (χ3n) is 3.84. The lowest BCUT2D eigenvalue weighted by Crippen LogP contribution is -2.22. The van der Waals surface area contributed by atoms with Gasteiger partial charge in [0, 0.05) is 17.5 Å². The maximum Gasteiger partial charge on any atom is 0.251 e. The molecular formula is C17H15BFN3O. The van der Waals surface area contributed by atoms with Gasteiger partial charge in [-0.3, -0.25) is 9.89 Å². The van der Waals surface area contributed by atoms with Crippen molar-refractivity contribution in [2.45, 2.75) is 13.8 Å². The number of hydrogen-bond donors (Lipinski definition) is 2. The first-order valence-corrected chi connectivity index (χ1v) is 7.33. The zero-order valence-electron chi connectivity index (χ0n) is 12.9. The molecule has 0 saturated carbocycles. The van der Waals surface area contributed by atoms with E-state index in [1.165, 1.54) is 6.07 Å². The van der Waals surface area contributed by atoms with Crippen molar-refractivity contribution in [1.29, 1.82) is 0 Å². The van der Waals surface area contributed by atoms with Gasteiger partial charge in [-0.25, -0.2) is 4.39 Å². The lowest BCUT2D eigenvalue weighted by Gasteiger charge is -2.11. The van der Waals surface area contributed by atoms with E-state index in [1.807, 2.05) is 25.1 Å². The van der Waals surface area contributed by atoms with Gasteiger partial charge in [0.1, 0.15) is 13.7 Å². The molecule has 0 aliphatic rings. The molecule has 2 N–H and O–H groups in total. The van der Waals surface area contributed by atoms with Crippen LogP contribution in [0.4, 0.5) is 4.39 Å². The third kappa shape index (κ3) is 2.72. The molecule has 114 valence electrons. The minimum atomic E-state index is -0.412. The van der Waals surface area contributed by atoms with E-state index >= 15 is 0 Å². The van der Waals surface area contributed by atoms with Crippen molar-refractivity contribution in [3.63, 3.8) is 0 Å². The van der Waals surface area contributed by atoms with Crippen LogP contribution in [0.3, 0.4) is 0 Å². The highest BCUT2D eigenvalue weighted by Crippen LogP contribution is 2.28. The predicted molar refractivity (Wildman–Crippen MR) is 89.6 cm³/mol. The number of amides is 1. The van der Waals surface area contributed by atoms with Crippen LogP contribution in [0.5, 0.6) is 0 Å². The first-order valence-electron chi connectivity index (χ1n) is 7.33. The van der Waals surface area contributed by atoms with Crippen molar-refractivity contribution in [3.05, 3.63) is 47.3 Å². The van der Waals surface area contributed by atoms with Crippen molar-refractivity contribution in [1.82, 2.24) is 15.5 Å². The lowest BCUT2D eigenvalue weighted by molar-refractivity contribution is 0.0955. The zero-order valence-corrected chi connectivity index (χ0v) is 12.9. The van der Waals surface area contributed by atoms with Gasteiger partial charge in [0.2, 0.25) is 0 Å². The smallest absolute Gasteiger partial charge is 0.251 e. The highest BCUT2D eigenvalue weighted by molar-refractivity contribution is 6.37. The Morgan fingerprint density at radius 1 is 1.35 bits per heavy atom. The van der Waals surface area contributed by atoms with Crippen LogP contribution in [-0.2, 0) is 0 Å². The number of fused-ring (bicyclic) bond motifs is 1. The van der Waals surface area contributed by atoms with E-state index < -0.39 is 5.82 Å². The number of hydrogen-bond acceptors (Lipinski definition) is 2. The van der Waals surface area contributed by atoms with E-state index in [4.69, 9.17) is 7.85 Å². The number of nitrogens with zero attached hydrogens (tertiary/aromatic N) is 1. The molecule has 0 bridgehead atoms. The number of carbonyl (C=O) groups excluding carboxylic acids is 1. The lowest BCUT2D eigenvalue weighted by atomic mass is 9.94. The first-order chi connectivity index (χ1) is 11.0. The monoisotopic (exact) mass is 307 g/mol. The number of H-pyrrole nitrogens is 1. The molecule has 4 nitrogen and oxygen atoms in total. The summed E-state index contributed by atoms with van der Waals surface area (Å²) in [5, 5.41) is 10.3. The van der Waals surface area contributed by atoms with Gasteiger partial charge in [0.15, 0.2) is 0 Å². The number of halogens is 1. The third-order valence-corrected chi connectivity index (χ3v) is 3.84. The van der Waals surface area contributed by atoms with Crippen LogP contribution in [-0.4, -0.2) is 30.5 Å². The Kier molecular flexibility index (Phi) is 3.90. The topological polar surface area (TPSA) is 57.8 Å². The van der Waals surface area contributed by atoms with Gasteiger partial charge in [-0.2, -0.15) is 5.10 Å². The quantitative estimate of drug-likeness (QED) is 0.729. The summed E-state index contributed by atoms with van der Waals surface area (Å²) >= 11 is 0. The number of aromatic nitrogens is 2. The molecule has 0 atom stereocenters. The first kappa shape index (κ1) is 15.3. The number of carbonyl (C=O) groups is 1. The van der Waals surface area contributed by atoms with E-state index in [1.54, 1.807) is 13.0 Å². The van der Waals surface area contributed by atoms with Gasteiger partial charge in [0.05, 0.1) is 5.52 Å². The molecule has 0 aliphatic heterocycles. The van der Waals surface area contributed by atoms with E-state index in [0.717, 1.165) is 10.9 Å². The maximum atomic E-state index is 14.2. The summed E-state index contributed by atoms with van der Waals surface area (Å²) in [6.07, 6.45) is 0. The van der Waals surface area contributed by atoms with E-state index in [9.17, 15) is 9.18 Å². The fourth-order valence-electron chi connectivity index (χ4n) is 2.57. The summed E-state index contributed by atoms with van der Waals surface area (Å²) in [6.45, 7) is 4.00. The van der Waals surface area contributed by atoms with Crippen LogP contribution < -0.4 is 10.9 Å². The SMILES string of the molecule is [B]c1[nH]nc2cc(-c3cc(C(=O)NCC)cc(F)c3C)ccc12. The molecule has 0 spiro atoms. The minimum Gasteiger partial charge on any atom is -0.352 e. The van der Waals surface area contributed by atoms with E-state index in [-0.39, 0.29) is 5.91 Å². The van der Waals surface area contributed by atoms with Gasteiger partial charge >= 0.3 is 0 Å². The predicted octanol–water partition coefficient (Wildman–Crippen LogP) is 2.22. The van der Waals surface area contributed by atoms with Crippen molar-refractivity contribution < 1.29 is 9.18 Å². The molecular weight excluding hydrogens is 292 g/mol. The van der Waals surface area contributed by atoms with Crippen LogP contribution in [0, 0.1) is 12.7 Å². The number of aromatic amines is 1. The number of rotatable bonds is 3. The molecule has 0 fully saturated rings. The molecule has 2 radical (unpaired) electrons. The summed E-state index contributed by atoms with van der Waals surface area (Å²) in [5.74, 6) is -0.705. The van der Waals surface area contributed by atoms with Crippen LogP contribution in [0.25, 0.3) is 22.0 Å². The van der Waals surface area contributed by atoms with Crippen LogP contribution in [0.1, 0.15) is 22.8 Å². The maximum absolute atomic E-state index is 14.2. The summed E-state index contributed by atoms with van der Waals surface area (Å²) in [4.78, 5) is 12.0. The molecule has 2 aromatic carbocycles. The summed E-state index contributed by atoms with van der Waals surface area (Å²) in [5.41, 5.74) is 3.42. The van der Waals surface area contributed by atoms with Gasteiger partial charge in [-0.1, -0.05) is 12.1 Å². The van der Waals surface area contributed by atoms with Crippen molar-refractivity contribution >= 4 is 30.2 Å². The Bertz CT molecular complexity index is 904. The van der Waals surface area contributed by atoms with Gasteiger partial charge in [-0.15, -0.1) is 0 Å². The van der Waals surface area contributed by atoms with E-state index in [2.05, 4.69) is 15.5 Å².